The van der Waals surface area contributed by atoms with E-state index in [4.69, 9.17) is 4.52 Å². The van der Waals surface area contributed by atoms with Gasteiger partial charge in [-0.3, -0.25) is 9.36 Å². The number of benzene rings is 1. The second-order valence-electron chi connectivity index (χ2n) is 6.72. The molecule has 4 rings (SSSR count). The summed E-state index contributed by atoms with van der Waals surface area (Å²) >= 11 is 0. The Morgan fingerprint density at radius 1 is 1.19 bits per heavy atom. The molecule has 134 valence electrons. The van der Waals surface area contributed by atoms with Crippen LogP contribution in [0.15, 0.2) is 41.4 Å². The number of carbonyl (C=O) groups excluding carboxylic acids is 1. The van der Waals surface area contributed by atoms with Crippen molar-refractivity contribution >= 4 is 5.91 Å². The fourth-order valence-electron chi connectivity index (χ4n) is 3.16. The SMILES string of the molecule is CC(C)c1noc([C@H]2CCCN2C(=O)c2ccc(-n3cnnc3)cc2)n1. The first kappa shape index (κ1) is 16.4. The second-order valence-corrected chi connectivity index (χ2v) is 6.72. The van der Waals surface area contributed by atoms with Gasteiger partial charge in [-0.1, -0.05) is 19.0 Å². The molecule has 0 unspecified atom stereocenters. The predicted molar refractivity (Wildman–Crippen MR) is 92.8 cm³/mol. The minimum Gasteiger partial charge on any atom is -0.337 e. The molecule has 2 aromatic heterocycles. The Kier molecular flexibility index (Phi) is 4.24. The van der Waals surface area contributed by atoms with Gasteiger partial charge in [0, 0.05) is 23.7 Å². The van der Waals surface area contributed by atoms with Crippen molar-refractivity contribution in [2.24, 2.45) is 0 Å². The van der Waals surface area contributed by atoms with E-state index in [0.29, 0.717) is 23.8 Å². The molecule has 1 aliphatic rings. The van der Waals surface area contributed by atoms with E-state index < -0.39 is 0 Å². The quantitative estimate of drug-likeness (QED) is 0.717. The van der Waals surface area contributed by atoms with Gasteiger partial charge in [0.2, 0.25) is 5.89 Å². The van der Waals surface area contributed by atoms with Crippen molar-refractivity contribution in [3.8, 4) is 5.69 Å². The average Bonchev–Trinajstić information content (AvgIpc) is 3.42. The molecule has 0 aliphatic carbocycles. The van der Waals surface area contributed by atoms with Crippen LogP contribution in [0.5, 0.6) is 0 Å². The first-order valence-corrected chi connectivity index (χ1v) is 8.73. The molecule has 0 radical (unpaired) electrons. The molecule has 3 aromatic rings. The van der Waals surface area contributed by atoms with Crippen LogP contribution in [0.3, 0.4) is 0 Å². The number of likely N-dealkylation sites (tertiary alicyclic amines) is 1. The summed E-state index contributed by atoms with van der Waals surface area (Å²) in [5, 5.41) is 11.6. The van der Waals surface area contributed by atoms with E-state index in [2.05, 4.69) is 20.3 Å². The highest BCUT2D eigenvalue weighted by Crippen LogP contribution is 2.32. The third-order valence-electron chi connectivity index (χ3n) is 4.60. The summed E-state index contributed by atoms with van der Waals surface area (Å²) in [6.45, 7) is 4.73. The van der Waals surface area contributed by atoms with Crippen LogP contribution in [-0.2, 0) is 0 Å². The highest BCUT2D eigenvalue weighted by molar-refractivity contribution is 5.94. The lowest BCUT2D eigenvalue weighted by Crippen LogP contribution is -2.30. The third-order valence-corrected chi connectivity index (χ3v) is 4.60. The van der Waals surface area contributed by atoms with Crippen molar-refractivity contribution in [3.63, 3.8) is 0 Å². The zero-order valence-corrected chi connectivity index (χ0v) is 14.7. The fourth-order valence-corrected chi connectivity index (χ4v) is 3.16. The van der Waals surface area contributed by atoms with Crippen LogP contribution in [-0.4, -0.2) is 42.3 Å². The van der Waals surface area contributed by atoms with Crippen molar-refractivity contribution in [1.29, 1.82) is 0 Å². The van der Waals surface area contributed by atoms with Gasteiger partial charge in [0.05, 0.1) is 0 Å². The molecule has 1 amide bonds. The lowest BCUT2D eigenvalue weighted by atomic mass is 10.1. The molecule has 0 bridgehead atoms. The Labute approximate surface area is 150 Å². The highest BCUT2D eigenvalue weighted by atomic mass is 16.5. The zero-order chi connectivity index (χ0) is 18.1. The largest absolute Gasteiger partial charge is 0.337 e. The van der Waals surface area contributed by atoms with Crippen LogP contribution < -0.4 is 0 Å². The Hall–Kier alpha value is -3.03. The van der Waals surface area contributed by atoms with Crippen LogP contribution in [0.4, 0.5) is 0 Å². The number of rotatable bonds is 4. The van der Waals surface area contributed by atoms with Gasteiger partial charge in [0.25, 0.3) is 5.91 Å². The molecule has 0 spiro atoms. The maximum atomic E-state index is 13.0. The van der Waals surface area contributed by atoms with E-state index in [1.807, 2.05) is 43.0 Å². The smallest absolute Gasteiger partial charge is 0.254 e. The number of hydrogen-bond donors (Lipinski definition) is 0. The molecule has 1 aromatic carbocycles. The molecule has 1 fully saturated rings. The van der Waals surface area contributed by atoms with E-state index in [1.165, 1.54) is 0 Å². The molecule has 3 heterocycles. The zero-order valence-electron chi connectivity index (χ0n) is 14.7. The average molecular weight is 352 g/mol. The maximum absolute atomic E-state index is 13.0. The number of carbonyl (C=O) groups is 1. The predicted octanol–water partition coefficient (Wildman–Crippen LogP) is 2.75. The maximum Gasteiger partial charge on any atom is 0.254 e. The molecule has 1 atom stereocenters. The lowest BCUT2D eigenvalue weighted by molar-refractivity contribution is 0.0710. The molecular weight excluding hydrogens is 332 g/mol. The molecule has 0 saturated carbocycles. The summed E-state index contributed by atoms with van der Waals surface area (Å²) < 4.78 is 7.21. The van der Waals surface area contributed by atoms with E-state index in [0.717, 1.165) is 18.5 Å². The van der Waals surface area contributed by atoms with E-state index in [1.54, 1.807) is 17.2 Å². The van der Waals surface area contributed by atoms with Crippen LogP contribution in [0, 0.1) is 0 Å². The summed E-state index contributed by atoms with van der Waals surface area (Å²) in [5.74, 6) is 1.38. The van der Waals surface area contributed by atoms with E-state index in [9.17, 15) is 4.79 Å². The molecular formula is C18H20N6O2. The van der Waals surface area contributed by atoms with Crippen LogP contribution in [0.1, 0.15) is 60.7 Å². The Morgan fingerprint density at radius 2 is 1.92 bits per heavy atom. The minimum atomic E-state index is -0.153. The topological polar surface area (TPSA) is 89.9 Å². The normalized spacial score (nSPS) is 17.2. The lowest BCUT2D eigenvalue weighted by Gasteiger charge is -2.22. The standard InChI is InChI=1S/C18H20N6O2/c1-12(2)16-21-17(26-22-16)15-4-3-9-24(15)18(25)13-5-7-14(8-6-13)23-10-19-20-11-23/h5-8,10-12,15H,3-4,9H2,1-2H3/t15-/m1/s1. The van der Waals surface area contributed by atoms with Crippen molar-refractivity contribution in [2.45, 2.75) is 38.6 Å². The monoisotopic (exact) mass is 352 g/mol. The molecule has 0 N–H and O–H groups in total. The van der Waals surface area contributed by atoms with E-state index >= 15 is 0 Å². The summed E-state index contributed by atoms with van der Waals surface area (Å²) in [5.41, 5.74) is 1.54. The first-order valence-electron chi connectivity index (χ1n) is 8.73. The summed E-state index contributed by atoms with van der Waals surface area (Å²) in [7, 11) is 0. The molecule has 26 heavy (non-hydrogen) atoms. The summed E-state index contributed by atoms with van der Waals surface area (Å²) in [4.78, 5) is 19.3. The van der Waals surface area contributed by atoms with Crippen molar-refractivity contribution in [2.75, 3.05) is 6.54 Å². The molecule has 8 heteroatoms. The minimum absolute atomic E-state index is 0.0212. The van der Waals surface area contributed by atoms with Gasteiger partial charge in [-0.2, -0.15) is 4.98 Å². The highest BCUT2D eigenvalue weighted by Gasteiger charge is 2.34. The number of hydrogen-bond acceptors (Lipinski definition) is 6. The summed E-state index contributed by atoms with van der Waals surface area (Å²) in [6.07, 6.45) is 5.00. The fraction of sp³-hybridized carbons (Fsp3) is 0.389. The molecule has 1 aliphatic heterocycles. The van der Waals surface area contributed by atoms with Gasteiger partial charge >= 0.3 is 0 Å². The van der Waals surface area contributed by atoms with Gasteiger partial charge in [-0.15, -0.1) is 10.2 Å². The summed E-state index contributed by atoms with van der Waals surface area (Å²) in [6, 6.07) is 7.25. The van der Waals surface area contributed by atoms with Gasteiger partial charge < -0.3 is 9.42 Å². The van der Waals surface area contributed by atoms with E-state index in [-0.39, 0.29) is 17.9 Å². The number of aromatic nitrogens is 5. The Balaban J connectivity index is 1.54. The van der Waals surface area contributed by atoms with Crippen LogP contribution in [0.25, 0.3) is 5.69 Å². The van der Waals surface area contributed by atoms with Crippen LogP contribution >= 0.6 is 0 Å². The van der Waals surface area contributed by atoms with Crippen molar-refractivity contribution in [3.05, 3.63) is 54.2 Å². The van der Waals surface area contributed by atoms with Gasteiger partial charge in [-0.25, -0.2) is 0 Å². The molecule has 1 saturated heterocycles. The van der Waals surface area contributed by atoms with Crippen molar-refractivity contribution < 1.29 is 9.32 Å². The van der Waals surface area contributed by atoms with Gasteiger partial charge in [-0.05, 0) is 37.1 Å². The molecule has 8 nitrogen and oxygen atoms in total. The Bertz CT molecular complexity index is 885. The van der Waals surface area contributed by atoms with Crippen LogP contribution in [0.2, 0.25) is 0 Å². The third kappa shape index (κ3) is 2.98. The number of amides is 1. The Morgan fingerprint density at radius 3 is 2.58 bits per heavy atom. The first-order chi connectivity index (χ1) is 12.6. The number of nitrogens with zero attached hydrogens (tertiary/aromatic N) is 6. The van der Waals surface area contributed by atoms with Crippen molar-refractivity contribution in [1.82, 2.24) is 29.8 Å². The second kappa shape index (κ2) is 6.70. The van der Waals surface area contributed by atoms with Gasteiger partial charge in [0.15, 0.2) is 5.82 Å². The van der Waals surface area contributed by atoms with Gasteiger partial charge in [0.1, 0.15) is 18.7 Å².